The van der Waals surface area contributed by atoms with E-state index in [1.165, 1.54) is 22.5 Å². The number of furan rings is 1. The largest absolute Gasteiger partial charge is 0.438 e. The molecule has 4 rings (SSSR count). The number of sulfonamides is 1. The molecule has 0 bridgehead atoms. The fraction of sp³-hybridized carbons (Fsp3) is 0.450. The molecule has 0 saturated carbocycles. The fourth-order valence-corrected chi connectivity index (χ4v) is 5.27. The van der Waals surface area contributed by atoms with Crippen LogP contribution in [0.4, 0.5) is 15.8 Å². The summed E-state index contributed by atoms with van der Waals surface area (Å²) in [4.78, 5) is 14.7. The van der Waals surface area contributed by atoms with Crippen LogP contribution in [0.2, 0.25) is 0 Å². The number of amides is 1. The number of rotatable bonds is 5. The standard InChI is InChI=1S/C20H24FN3O4S/c21-15-7-6-8-16(23-11-4-5-12-23)19(15)22-20(25)17-9-10-18(28-17)29(26,27)24-13-2-1-3-14-24/h6-10H,1-5,11-14H2,(H,22,25). The van der Waals surface area contributed by atoms with Crippen molar-refractivity contribution in [1.82, 2.24) is 4.31 Å². The highest BCUT2D eigenvalue weighted by Crippen LogP contribution is 2.32. The summed E-state index contributed by atoms with van der Waals surface area (Å²) in [5.74, 6) is -1.40. The molecule has 7 nitrogen and oxygen atoms in total. The number of anilines is 2. The van der Waals surface area contributed by atoms with E-state index in [9.17, 15) is 17.6 Å². The molecule has 0 atom stereocenters. The zero-order chi connectivity index (χ0) is 20.4. The van der Waals surface area contributed by atoms with Gasteiger partial charge in [0, 0.05) is 26.2 Å². The summed E-state index contributed by atoms with van der Waals surface area (Å²) in [7, 11) is -3.77. The molecule has 3 heterocycles. The van der Waals surface area contributed by atoms with Crippen LogP contribution in [0, 0.1) is 5.82 Å². The van der Waals surface area contributed by atoms with Crippen molar-refractivity contribution >= 4 is 27.3 Å². The molecule has 0 spiro atoms. The van der Waals surface area contributed by atoms with Crippen molar-refractivity contribution in [2.24, 2.45) is 0 Å². The summed E-state index contributed by atoms with van der Waals surface area (Å²) in [6.07, 6.45) is 4.64. The van der Waals surface area contributed by atoms with Gasteiger partial charge in [0.1, 0.15) is 11.5 Å². The molecule has 2 saturated heterocycles. The summed E-state index contributed by atoms with van der Waals surface area (Å²) in [6, 6.07) is 7.24. The second-order valence-corrected chi connectivity index (χ2v) is 9.23. The third kappa shape index (κ3) is 4.02. The molecule has 0 unspecified atom stereocenters. The molecule has 1 aromatic carbocycles. The number of piperidine rings is 1. The van der Waals surface area contributed by atoms with Gasteiger partial charge in [-0.05, 0) is 49.9 Å². The van der Waals surface area contributed by atoms with E-state index in [0.717, 1.165) is 45.2 Å². The van der Waals surface area contributed by atoms with E-state index < -0.39 is 21.7 Å². The summed E-state index contributed by atoms with van der Waals surface area (Å²) in [5, 5.41) is 2.29. The van der Waals surface area contributed by atoms with Crippen molar-refractivity contribution in [3.8, 4) is 0 Å². The number of para-hydroxylation sites is 1. The average molecular weight is 421 g/mol. The molecule has 1 amide bonds. The lowest BCUT2D eigenvalue weighted by atomic mass is 10.2. The Hall–Kier alpha value is -2.39. The molecule has 2 fully saturated rings. The van der Waals surface area contributed by atoms with Gasteiger partial charge in [-0.3, -0.25) is 4.79 Å². The van der Waals surface area contributed by atoms with E-state index in [2.05, 4.69) is 5.32 Å². The maximum atomic E-state index is 14.4. The van der Waals surface area contributed by atoms with Crippen molar-refractivity contribution in [3.63, 3.8) is 0 Å². The van der Waals surface area contributed by atoms with Crippen molar-refractivity contribution < 1.29 is 22.0 Å². The lowest BCUT2D eigenvalue weighted by Gasteiger charge is -2.24. The summed E-state index contributed by atoms with van der Waals surface area (Å²) >= 11 is 0. The van der Waals surface area contributed by atoms with Gasteiger partial charge in [0.15, 0.2) is 5.76 Å². The van der Waals surface area contributed by atoms with Crippen LogP contribution in [0.3, 0.4) is 0 Å². The van der Waals surface area contributed by atoms with E-state index in [0.29, 0.717) is 18.8 Å². The van der Waals surface area contributed by atoms with Crippen LogP contribution < -0.4 is 10.2 Å². The van der Waals surface area contributed by atoms with Crippen molar-refractivity contribution in [3.05, 3.63) is 41.9 Å². The Balaban J connectivity index is 1.55. The highest BCUT2D eigenvalue weighted by molar-refractivity contribution is 7.89. The molecule has 2 aromatic rings. The Bertz CT molecular complexity index is 993. The van der Waals surface area contributed by atoms with Crippen LogP contribution in [0.15, 0.2) is 39.8 Å². The highest BCUT2D eigenvalue weighted by atomic mass is 32.2. The van der Waals surface area contributed by atoms with E-state index in [1.807, 2.05) is 4.90 Å². The quantitative estimate of drug-likeness (QED) is 0.800. The first-order chi connectivity index (χ1) is 14.0. The lowest BCUT2D eigenvalue weighted by molar-refractivity contribution is 0.0991. The number of nitrogens with zero attached hydrogens (tertiary/aromatic N) is 2. The zero-order valence-electron chi connectivity index (χ0n) is 16.1. The number of carbonyl (C=O) groups is 1. The van der Waals surface area contributed by atoms with Gasteiger partial charge in [-0.1, -0.05) is 12.5 Å². The smallest absolute Gasteiger partial charge is 0.291 e. The second-order valence-electron chi connectivity index (χ2n) is 7.37. The number of halogens is 1. The Morgan fingerprint density at radius 1 is 0.966 bits per heavy atom. The molecule has 1 N–H and O–H groups in total. The van der Waals surface area contributed by atoms with E-state index >= 15 is 0 Å². The van der Waals surface area contributed by atoms with Crippen LogP contribution in [0.25, 0.3) is 0 Å². The van der Waals surface area contributed by atoms with Crippen molar-refractivity contribution in [2.75, 3.05) is 36.4 Å². The number of hydrogen-bond donors (Lipinski definition) is 1. The number of hydrogen-bond acceptors (Lipinski definition) is 5. The lowest BCUT2D eigenvalue weighted by Crippen LogP contribution is -2.35. The number of carbonyl (C=O) groups excluding carboxylic acids is 1. The molecular weight excluding hydrogens is 397 g/mol. The van der Waals surface area contributed by atoms with Crippen molar-refractivity contribution in [1.29, 1.82) is 0 Å². The first-order valence-electron chi connectivity index (χ1n) is 9.91. The fourth-order valence-electron chi connectivity index (χ4n) is 3.85. The summed E-state index contributed by atoms with van der Waals surface area (Å²) in [6.45, 7) is 2.48. The maximum absolute atomic E-state index is 14.4. The topological polar surface area (TPSA) is 82.9 Å². The highest BCUT2D eigenvalue weighted by Gasteiger charge is 2.30. The first kappa shape index (κ1) is 19.9. The molecule has 9 heteroatoms. The minimum Gasteiger partial charge on any atom is -0.438 e. The molecular formula is C20H24FN3O4S. The van der Waals surface area contributed by atoms with Gasteiger partial charge in [0.25, 0.3) is 15.9 Å². The SMILES string of the molecule is O=C(Nc1c(F)cccc1N1CCCC1)c1ccc(S(=O)(=O)N2CCCCC2)o1. The Labute approximate surface area is 169 Å². The average Bonchev–Trinajstić information content (AvgIpc) is 3.43. The zero-order valence-corrected chi connectivity index (χ0v) is 16.9. The van der Waals surface area contributed by atoms with Gasteiger partial charge in [0.05, 0.1) is 5.69 Å². The van der Waals surface area contributed by atoms with Gasteiger partial charge in [-0.15, -0.1) is 0 Å². The van der Waals surface area contributed by atoms with Gasteiger partial charge in [-0.2, -0.15) is 4.31 Å². The van der Waals surface area contributed by atoms with Crippen LogP contribution in [0.1, 0.15) is 42.7 Å². The maximum Gasteiger partial charge on any atom is 0.291 e. The molecule has 0 aliphatic carbocycles. The Morgan fingerprint density at radius 3 is 2.38 bits per heavy atom. The number of nitrogens with one attached hydrogen (secondary N) is 1. The normalized spacial score (nSPS) is 18.2. The van der Waals surface area contributed by atoms with Crippen LogP contribution in [0.5, 0.6) is 0 Å². The van der Waals surface area contributed by atoms with E-state index in [4.69, 9.17) is 4.42 Å². The minimum absolute atomic E-state index is 0.0798. The predicted octanol–water partition coefficient (Wildman–Crippen LogP) is 3.45. The third-order valence-electron chi connectivity index (χ3n) is 5.39. The van der Waals surface area contributed by atoms with Gasteiger partial charge >= 0.3 is 0 Å². The first-order valence-corrected chi connectivity index (χ1v) is 11.4. The third-order valence-corrected chi connectivity index (χ3v) is 7.16. The number of benzene rings is 1. The predicted molar refractivity (Wildman–Crippen MR) is 107 cm³/mol. The summed E-state index contributed by atoms with van der Waals surface area (Å²) in [5.41, 5.74) is 0.694. The molecule has 1 aromatic heterocycles. The molecule has 2 aliphatic heterocycles. The Kier molecular flexibility index (Phi) is 5.60. The minimum atomic E-state index is -3.77. The molecule has 156 valence electrons. The second kappa shape index (κ2) is 8.16. The van der Waals surface area contributed by atoms with E-state index in [-0.39, 0.29) is 16.5 Å². The van der Waals surface area contributed by atoms with Gasteiger partial charge in [-0.25, -0.2) is 12.8 Å². The van der Waals surface area contributed by atoms with Crippen LogP contribution in [-0.2, 0) is 10.0 Å². The van der Waals surface area contributed by atoms with Gasteiger partial charge in [0.2, 0.25) is 5.09 Å². The van der Waals surface area contributed by atoms with Crippen LogP contribution >= 0.6 is 0 Å². The summed E-state index contributed by atoms with van der Waals surface area (Å²) < 4.78 is 46.6. The van der Waals surface area contributed by atoms with Crippen molar-refractivity contribution in [2.45, 2.75) is 37.2 Å². The molecule has 0 radical (unpaired) electrons. The molecule has 29 heavy (non-hydrogen) atoms. The van der Waals surface area contributed by atoms with Gasteiger partial charge < -0.3 is 14.6 Å². The van der Waals surface area contributed by atoms with E-state index in [1.54, 1.807) is 12.1 Å². The monoisotopic (exact) mass is 421 g/mol. The Morgan fingerprint density at radius 2 is 1.66 bits per heavy atom. The molecule has 2 aliphatic rings. The van der Waals surface area contributed by atoms with Crippen LogP contribution in [-0.4, -0.2) is 44.8 Å².